The molecule has 0 heterocycles. The monoisotopic (exact) mass is 414 g/mol. The lowest BCUT2D eigenvalue weighted by Gasteiger charge is -2.37. The van der Waals surface area contributed by atoms with Crippen LogP contribution in [0.5, 0.6) is 0 Å². The van der Waals surface area contributed by atoms with E-state index in [2.05, 4.69) is 46.3 Å². The highest BCUT2D eigenvalue weighted by atomic mass is 16.6. The van der Waals surface area contributed by atoms with Crippen LogP contribution in [0.25, 0.3) is 0 Å². The largest absolute Gasteiger partial charge is 0.461 e. The second-order valence-electron chi connectivity index (χ2n) is 11.6. The van der Waals surface area contributed by atoms with Crippen molar-refractivity contribution in [2.75, 3.05) is 13.7 Å². The van der Waals surface area contributed by atoms with Crippen LogP contribution in [-0.4, -0.2) is 37.2 Å². The Balaban J connectivity index is 4.93. The van der Waals surface area contributed by atoms with Crippen molar-refractivity contribution in [2.45, 2.75) is 94.1 Å². The molecule has 29 heavy (non-hydrogen) atoms. The minimum atomic E-state index is -1.01. The zero-order valence-electron chi connectivity index (χ0n) is 20.4. The number of esters is 3. The molecule has 0 N–H and O–H groups in total. The lowest BCUT2D eigenvalue weighted by Crippen LogP contribution is -2.39. The highest BCUT2D eigenvalue weighted by Gasteiger charge is 2.38. The van der Waals surface area contributed by atoms with Crippen LogP contribution in [0, 0.1) is 22.2 Å². The zero-order valence-corrected chi connectivity index (χ0v) is 20.4. The predicted molar refractivity (Wildman–Crippen MR) is 113 cm³/mol. The molecule has 0 saturated heterocycles. The van der Waals surface area contributed by atoms with Crippen molar-refractivity contribution in [2.24, 2.45) is 22.2 Å². The van der Waals surface area contributed by atoms with Gasteiger partial charge in [0.1, 0.15) is 5.60 Å². The first-order valence-electron chi connectivity index (χ1n) is 10.3. The zero-order chi connectivity index (χ0) is 23.3. The van der Waals surface area contributed by atoms with E-state index in [9.17, 15) is 14.4 Å². The third-order valence-corrected chi connectivity index (χ3v) is 4.87. The van der Waals surface area contributed by atoms with Crippen LogP contribution in [0.3, 0.4) is 0 Å². The Morgan fingerprint density at radius 2 is 1.31 bits per heavy atom. The van der Waals surface area contributed by atoms with E-state index in [-0.39, 0.29) is 34.7 Å². The maximum atomic E-state index is 13.0. The lowest BCUT2D eigenvalue weighted by molar-refractivity contribution is -0.169. The van der Waals surface area contributed by atoms with Gasteiger partial charge in [0.05, 0.1) is 19.6 Å². The standard InChI is InChI=1S/C23H42O6/c1-20(2,3)14-16(21(4,5)6)17(24)29-23(9,10)13-12-22(7,8)15-28-19(26)18(25)27-11/h16H,12-15H2,1-11H3. The topological polar surface area (TPSA) is 78.9 Å². The average Bonchev–Trinajstić information content (AvgIpc) is 2.53. The molecule has 6 heteroatoms. The van der Waals surface area contributed by atoms with Gasteiger partial charge in [0.2, 0.25) is 0 Å². The van der Waals surface area contributed by atoms with Gasteiger partial charge >= 0.3 is 17.9 Å². The molecule has 0 aliphatic heterocycles. The Morgan fingerprint density at radius 1 is 0.793 bits per heavy atom. The van der Waals surface area contributed by atoms with E-state index in [1.807, 2.05) is 27.7 Å². The first kappa shape index (κ1) is 27.4. The van der Waals surface area contributed by atoms with Crippen molar-refractivity contribution in [3.63, 3.8) is 0 Å². The maximum Gasteiger partial charge on any atom is 0.417 e. The third-order valence-electron chi connectivity index (χ3n) is 4.87. The molecule has 0 radical (unpaired) electrons. The van der Waals surface area contributed by atoms with Crippen LogP contribution in [-0.2, 0) is 28.6 Å². The molecule has 0 aliphatic rings. The van der Waals surface area contributed by atoms with Gasteiger partial charge < -0.3 is 14.2 Å². The Morgan fingerprint density at radius 3 is 1.72 bits per heavy atom. The molecule has 0 aromatic carbocycles. The van der Waals surface area contributed by atoms with E-state index >= 15 is 0 Å². The number of carbonyl (C=O) groups is 3. The molecule has 1 atom stereocenters. The summed E-state index contributed by atoms with van der Waals surface area (Å²) in [6.45, 7) is 20.3. The summed E-state index contributed by atoms with van der Waals surface area (Å²) >= 11 is 0. The van der Waals surface area contributed by atoms with Crippen LogP contribution < -0.4 is 0 Å². The van der Waals surface area contributed by atoms with Crippen molar-refractivity contribution >= 4 is 17.9 Å². The van der Waals surface area contributed by atoms with E-state index in [0.717, 1.165) is 13.5 Å². The van der Waals surface area contributed by atoms with Crippen molar-refractivity contribution in [1.82, 2.24) is 0 Å². The van der Waals surface area contributed by atoms with Gasteiger partial charge in [-0.25, -0.2) is 9.59 Å². The second kappa shape index (κ2) is 9.94. The Kier molecular flexibility index (Phi) is 9.40. The molecule has 0 saturated carbocycles. The summed E-state index contributed by atoms with van der Waals surface area (Å²) in [6.07, 6.45) is 2.01. The smallest absolute Gasteiger partial charge is 0.417 e. The van der Waals surface area contributed by atoms with Gasteiger partial charge in [-0.2, -0.15) is 0 Å². The van der Waals surface area contributed by atoms with Crippen molar-refractivity contribution in [3.8, 4) is 0 Å². The number of hydrogen-bond donors (Lipinski definition) is 0. The summed E-state index contributed by atoms with van der Waals surface area (Å²) in [5.74, 6) is -2.38. The van der Waals surface area contributed by atoms with Crippen molar-refractivity contribution in [1.29, 1.82) is 0 Å². The van der Waals surface area contributed by atoms with Crippen LogP contribution in [0.2, 0.25) is 0 Å². The summed E-state index contributed by atoms with van der Waals surface area (Å²) in [5, 5.41) is 0. The molecule has 0 aromatic rings. The quantitative estimate of drug-likeness (QED) is 0.318. The average molecular weight is 415 g/mol. The van der Waals surface area contributed by atoms with Crippen LogP contribution in [0.4, 0.5) is 0 Å². The van der Waals surface area contributed by atoms with Gasteiger partial charge in [0, 0.05) is 0 Å². The molecule has 6 nitrogen and oxygen atoms in total. The fraction of sp³-hybridized carbons (Fsp3) is 0.870. The molecule has 0 rings (SSSR count). The normalized spacial score (nSPS) is 14.2. The Bertz CT molecular complexity index is 575. The van der Waals surface area contributed by atoms with Gasteiger partial charge in [-0.3, -0.25) is 4.79 Å². The van der Waals surface area contributed by atoms with Gasteiger partial charge in [-0.05, 0) is 49.4 Å². The molecule has 0 bridgehead atoms. The van der Waals surface area contributed by atoms with Gasteiger partial charge in [0.25, 0.3) is 0 Å². The minimum absolute atomic E-state index is 0.0205. The predicted octanol–water partition coefficient (Wildman–Crippen LogP) is 4.93. The number of methoxy groups -OCH3 is 1. The van der Waals surface area contributed by atoms with E-state index < -0.39 is 17.5 Å². The Hall–Kier alpha value is -1.59. The minimum Gasteiger partial charge on any atom is -0.461 e. The fourth-order valence-corrected chi connectivity index (χ4v) is 2.86. The molecule has 0 spiro atoms. The molecular formula is C23H42O6. The summed E-state index contributed by atoms with van der Waals surface area (Å²) in [4.78, 5) is 35.6. The first-order valence-corrected chi connectivity index (χ1v) is 10.3. The van der Waals surface area contributed by atoms with Crippen LogP contribution in [0.1, 0.15) is 88.5 Å². The number of rotatable bonds is 8. The lowest BCUT2D eigenvalue weighted by atomic mass is 9.72. The summed E-state index contributed by atoms with van der Waals surface area (Å²) in [6, 6.07) is 0. The van der Waals surface area contributed by atoms with Crippen LogP contribution >= 0.6 is 0 Å². The highest BCUT2D eigenvalue weighted by molar-refractivity contribution is 6.29. The van der Waals surface area contributed by atoms with Gasteiger partial charge in [-0.15, -0.1) is 0 Å². The Labute approximate surface area is 177 Å². The van der Waals surface area contributed by atoms with Gasteiger partial charge in [0.15, 0.2) is 0 Å². The van der Waals surface area contributed by atoms with E-state index in [1.54, 1.807) is 0 Å². The van der Waals surface area contributed by atoms with Crippen LogP contribution in [0.15, 0.2) is 0 Å². The second-order valence-corrected chi connectivity index (χ2v) is 11.6. The maximum absolute atomic E-state index is 13.0. The van der Waals surface area contributed by atoms with E-state index in [1.165, 1.54) is 0 Å². The molecule has 0 aromatic heterocycles. The van der Waals surface area contributed by atoms with E-state index in [0.29, 0.717) is 12.8 Å². The molecular weight excluding hydrogens is 372 g/mol. The summed E-state index contributed by atoms with van der Waals surface area (Å²) in [5.41, 5.74) is -1.20. The van der Waals surface area contributed by atoms with Gasteiger partial charge in [-0.1, -0.05) is 55.4 Å². The number of ether oxygens (including phenoxy) is 3. The SMILES string of the molecule is COC(=O)C(=O)OCC(C)(C)CCC(C)(C)OC(=O)C(CC(C)(C)C)C(C)(C)C. The molecule has 0 aliphatic carbocycles. The van der Waals surface area contributed by atoms with Crippen molar-refractivity contribution in [3.05, 3.63) is 0 Å². The molecule has 170 valence electrons. The third kappa shape index (κ3) is 11.2. The fourth-order valence-electron chi connectivity index (χ4n) is 2.86. The molecule has 1 unspecified atom stereocenters. The van der Waals surface area contributed by atoms with E-state index in [4.69, 9.17) is 9.47 Å². The summed E-state index contributed by atoms with van der Waals surface area (Å²) < 4.78 is 15.3. The summed E-state index contributed by atoms with van der Waals surface area (Å²) in [7, 11) is 1.14. The van der Waals surface area contributed by atoms with Crippen molar-refractivity contribution < 1.29 is 28.6 Å². The molecule has 0 fully saturated rings. The highest BCUT2D eigenvalue weighted by Crippen LogP contribution is 2.38. The number of hydrogen-bond acceptors (Lipinski definition) is 6. The molecule has 0 amide bonds. The first-order chi connectivity index (χ1) is 12.8. The number of carbonyl (C=O) groups excluding carboxylic acids is 3.